The number of aryl methyl sites for hydroxylation is 2. The highest BCUT2D eigenvalue weighted by atomic mass is 16.2. The molecule has 0 atom stereocenters. The minimum Gasteiger partial charge on any atom is -0.326 e. The normalized spacial score (nSPS) is 10.0. The van der Waals surface area contributed by atoms with Crippen molar-refractivity contribution in [2.75, 3.05) is 16.8 Å². The van der Waals surface area contributed by atoms with E-state index in [0.29, 0.717) is 17.8 Å². The zero-order valence-electron chi connectivity index (χ0n) is 14.7. The van der Waals surface area contributed by atoms with E-state index in [-0.39, 0.29) is 18.2 Å². The van der Waals surface area contributed by atoms with E-state index in [9.17, 15) is 9.59 Å². The average molecular weight is 335 g/mol. The van der Waals surface area contributed by atoms with E-state index in [1.54, 1.807) is 29.2 Å². The van der Waals surface area contributed by atoms with Gasteiger partial charge in [-0.05, 0) is 55.3 Å². The Morgan fingerprint density at radius 2 is 1.80 bits per heavy atom. The quantitative estimate of drug-likeness (QED) is 0.908. The number of nitrogens with zero attached hydrogens (tertiary/aromatic N) is 2. The standard InChI is InChI=1S/C20H21N3O2/c1-14-4-5-15(2)19(12-14)23(16(3)24)11-10-20(25)22-18-8-6-17(13-21)7-9-18/h4-9,12H,10-11H2,1-3H3,(H,22,25). The number of hydrogen-bond donors (Lipinski definition) is 1. The molecule has 25 heavy (non-hydrogen) atoms. The van der Waals surface area contributed by atoms with Crippen LogP contribution in [0.25, 0.3) is 0 Å². The van der Waals surface area contributed by atoms with Crippen LogP contribution in [0.4, 0.5) is 11.4 Å². The third kappa shape index (κ3) is 4.92. The molecule has 2 aromatic carbocycles. The van der Waals surface area contributed by atoms with E-state index >= 15 is 0 Å². The van der Waals surface area contributed by atoms with E-state index in [4.69, 9.17) is 5.26 Å². The van der Waals surface area contributed by atoms with Crippen molar-refractivity contribution in [1.82, 2.24) is 0 Å². The Labute approximate surface area is 147 Å². The Kier molecular flexibility index (Phi) is 5.91. The molecule has 0 bridgehead atoms. The summed E-state index contributed by atoms with van der Waals surface area (Å²) in [5, 5.41) is 11.6. The number of nitriles is 1. The summed E-state index contributed by atoms with van der Waals surface area (Å²) in [5.41, 5.74) is 4.06. The highest BCUT2D eigenvalue weighted by Crippen LogP contribution is 2.22. The van der Waals surface area contributed by atoms with Gasteiger partial charge in [0, 0.05) is 31.3 Å². The molecule has 0 aliphatic rings. The SMILES string of the molecule is CC(=O)N(CCC(=O)Nc1ccc(C#N)cc1)c1cc(C)ccc1C. The summed E-state index contributed by atoms with van der Waals surface area (Å²) in [5.74, 6) is -0.277. The third-order valence-electron chi connectivity index (χ3n) is 3.90. The van der Waals surface area contributed by atoms with Crippen molar-refractivity contribution in [1.29, 1.82) is 5.26 Å². The van der Waals surface area contributed by atoms with Gasteiger partial charge in [-0.2, -0.15) is 5.26 Å². The molecule has 0 saturated carbocycles. The van der Waals surface area contributed by atoms with Gasteiger partial charge in [-0.15, -0.1) is 0 Å². The summed E-state index contributed by atoms with van der Waals surface area (Å²) in [7, 11) is 0. The van der Waals surface area contributed by atoms with Gasteiger partial charge in [0.1, 0.15) is 0 Å². The van der Waals surface area contributed by atoms with Crippen LogP contribution in [0.15, 0.2) is 42.5 Å². The highest BCUT2D eigenvalue weighted by molar-refractivity contribution is 5.95. The van der Waals surface area contributed by atoms with E-state index in [0.717, 1.165) is 16.8 Å². The molecule has 128 valence electrons. The third-order valence-corrected chi connectivity index (χ3v) is 3.90. The van der Waals surface area contributed by atoms with Crippen molar-refractivity contribution in [2.45, 2.75) is 27.2 Å². The van der Waals surface area contributed by atoms with E-state index in [1.165, 1.54) is 6.92 Å². The molecule has 1 N–H and O–H groups in total. The van der Waals surface area contributed by atoms with Gasteiger partial charge in [0.25, 0.3) is 0 Å². The molecule has 5 nitrogen and oxygen atoms in total. The van der Waals surface area contributed by atoms with Gasteiger partial charge in [0.05, 0.1) is 11.6 Å². The molecule has 0 fully saturated rings. The fourth-order valence-corrected chi connectivity index (χ4v) is 2.52. The van der Waals surface area contributed by atoms with E-state index in [2.05, 4.69) is 5.32 Å². The molecule has 2 amide bonds. The number of hydrogen-bond acceptors (Lipinski definition) is 3. The van der Waals surface area contributed by atoms with Gasteiger partial charge in [-0.1, -0.05) is 12.1 Å². The van der Waals surface area contributed by atoms with Crippen LogP contribution in [0.5, 0.6) is 0 Å². The first-order chi connectivity index (χ1) is 11.9. The lowest BCUT2D eigenvalue weighted by molar-refractivity contribution is -0.117. The Balaban J connectivity index is 2.03. The largest absolute Gasteiger partial charge is 0.326 e. The van der Waals surface area contributed by atoms with Crippen LogP contribution < -0.4 is 10.2 Å². The van der Waals surface area contributed by atoms with Crippen LogP contribution in [0, 0.1) is 25.2 Å². The fraction of sp³-hybridized carbons (Fsp3) is 0.250. The van der Waals surface area contributed by atoms with E-state index < -0.39 is 0 Å². The zero-order chi connectivity index (χ0) is 18.4. The Bertz CT molecular complexity index is 820. The second-order valence-corrected chi connectivity index (χ2v) is 5.95. The predicted molar refractivity (Wildman–Crippen MR) is 98.3 cm³/mol. The summed E-state index contributed by atoms with van der Waals surface area (Å²) < 4.78 is 0. The van der Waals surface area contributed by atoms with Crippen LogP contribution in [0.2, 0.25) is 0 Å². The first kappa shape index (κ1) is 18.2. The molecule has 0 aromatic heterocycles. The maximum atomic E-state index is 12.2. The number of amides is 2. The first-order valence-electron chi connectivity index (χ1n) is 8.06. The summed E-state index contributed by atoms with van der Waals surface area (Å²) in [6, 6.07) is 14.6. The molecule has 0 heterocycles. The van der Waals surface area contributed by atoms with Crippen LogP contribution in [-0.2, 0) is 9.59 Å². The van der Waals surface area contributed by atoms with Crippen molar-refractivity contribution < 1.29 is 9.59 Å². The molecular formula is C20H21N3O2. The van der Waals surface area contributed by atoms with Gasteiger partial charge in [0.2, 0.25) is 11.8 Å². The Morgan fingerprint density at radius 1 is 1.12 bits per heavy atom. The topological polar surface area (TPSA) is 73.2 Å². The van der Waals surface area contributed by atoms with Crippen LogP contribution in [0.1, 0.15) is 30.0 Å². The van der Waals surface area contributed by atoms with Crippen LogP contribution in [0.3, 0.4) is 0 Å². The molecule has 0 aliphatic heterocycles. The monoisotopic (exact) mass is 335 g/mol. The maximum Gasteiger partial charge on any atom is 0.226 e. The molecule has 2 aromatic rings. The zero-order valence-corrected chi connectivity index (χ0v) is 14.7. The Hall–Kier alpha value is -3.13. The molecule has 0 unspecified atom stereocenters. The summed E-state index contributed by atoms with van der Waals surface area (Å²) in [4.78, 5) is 25.8. The lowest BCUT2D eigenvalue weighted by Crippen LogP contribution is -2.32. The van der Waals surface area contributed by atoms with Crippen molar-refractivity contribution in [3.63, 3.8) is 0 Å². The predicted octanol–water partition coefficient (Wildman–Crippen LogP) is 3.56. The molecule has 2 rings (SSSR count). The number of nitrogens with one attached hydrogen (secondary N) is 1. The molecule has 5 heteroatoms. The number of carbonyl (C=O) groups excluding carboxylic acids is 2. The Morgan fingerprint density at radius 3 is 2.40 bits per heavy atom. The molecular weight excluding hydrogens is 314 g/mol. The molecule has 0 saturated heterocycles. The lowest BCUT2D eigenvalue weighted by Gasteiger charge is -2.23. The van der Waals surface area contributed by atoms with Gasteiger partial charge in [-0.25, -0.2) is 0 Å². The van der Waals surface area contributed by atoms with Gasteiger partial charge in [-0.3, -0.25) is 9.59 Å². The first-order valence-corrected chi connectivity index (χ1v) is 8.06. The van der Waals surface area contributed by atoms with Gasteiger partial charge < -0.3 is 10.2 Å². The molecule has 0 spiro atoms. The summed E-state index contributed by atoms with van der Waals surface area (Å²) in [6.45, 7) is 5.72. The van der Waals surface area contributed by atoms with Crippen molar-refractivity contribution >= 4 is 23.2 Å². The fourth-order valence-electron chi connectivity index (χ4n) is 2.52. The van der Waals surface area contributed by atoms with Crippen LogP contribution >= 0.6 is 0 Å². The highest BCUT2D eigenvalue weighted by Gasteiger charge is 2.15. The van der Waals surface area contributed by atoms with Crippen molar-refractivity contribution in [3.8, 4) is 6.07 Å². The van der Waals surface area contributed by atoms with E-state index in [1.807, 2.05) is 38.1 Å². The van der Waals surface area contributed by atoms with Gasteiger partial charge >= 0.3 is 0 Å². The van der Waals surface area contributed by atoms with Crippen LogP contribution in [-0.4, -0.2) is 18.4 Å². The molecule has 0 radical (unpaired) electrons. The second-order valence-electron chi connectivity index (χ2n) is 5.95. The number of carbonyl (C=O) groups is 2. The summed E-state index contributed by atoms with van der Waals surface area (Å²) >= 11 is 0. The molecule has 0 aliphatic carbocycles. The number of benzene rings is 2. The van der Waals surface area contributed by atoms with Gasteiger partial charge in [0.15, 0.2) is 0 Å². The lowest BCUT2D eigenvalue weighted by atomic mass is 10.1. The summed E-state index contributed by atoms with van der Waals surface area (Å²) in [6.07, 6.45) is 0.187. The smallest absolute Gasteiger partial charge is 0.226 e. The van der Waals surface area contributed by atoms with Crippen molar-refractivity contribution in [2.24, 2.45) is 0 Å². The second kappa shape index (κ2) is 8.11. The minimum atomic E-state index is -0.179. The average Bonchev–Trinajstić information content (AvgIpc) is 2.58. The number of rotatable bonds is 5. The minimum absolute atomic E-state index is 0.0973. The maximum absolute atomic E-state index is 12.2. The van der Waals surface area contributed by atoms with Crippen molar-refractivity contribution in [3.05, 3.63) is 59.2 Å². The number of anilines is 2.